The fraction of sp³-hybridized carbons (Fsp3) is 0.273. The first-order valence-corrected chi connectivity index (χ1v) is 10.7. The second-order valence-electron chi connectivity index (χ2n) is 7.20. The van der Waals surface area contributed by atoms with Crippen LogP contribution in [0.5, 0.6) is 5.75 Å². The molecule has 0 saturated heterocycles. The maximum atomic E-state index is 14.2. The van der Waals surface area contributed by atoms with Crippen molar-refractivity contribution in [2.24, 2.45) is 5.92 Å². The van der Waals surface area contributed by atoms with E-state index in [1.165, 1.54) is 18.2 Å². The summed E-state index contributed by atoms with van der Waals surface area (Å²) in [6.45, 7) is 0.322. The smallest absolute Gasteiger partial charge is 0.306 e. The molecule has 1 aliphatic rings. The van der Waals surface area contributed by atoms with E-state index in [1.807, 2.05) is 0 Å². The second kappa shape index (κ2) is 8.98. The number of hydrogen-bond donors (Lipinski definition) is 1. The molecule has 1 fully saturated rings. The molecule has 3 aromatic rings. The lowest BCUT2D eigenvalue weighted by Crippen LogP contribution is -2.37. The van der Waals surface area contributed by atoms with Crippen LogP contribution in [-0.4, -0.2) is 30.4 Å². The van der Waals surface area contributed by atoms with Crippen LogP contribution in [0.1, 0.15) is 12.8 Å². The third-order valence-corrected chi connectivity index (χ3v) is 6.04. The lowest BCUT2D eigenvalue weighted by atomic mass is 9.82. The van der Waals surface area contributed by atoms with Crippen molar-refractivity contribution in [1.82, 2.24) is 0 Å². The third-order valence-electron chi connectivity index (χ3n) is 5.13. The number of carbonyl (C=O) groups is 1. The first-order valence-electron chi connectivity index (χ1n) is 9.52. The summed E-state index contributed by atoms with van der Waals surface area (Å²) in [6, 6.07) is 8.85. The van der Waals surface area contributed by atoms with E-state index in [4.69, 9.17) is 30.6 Å². The molecule has 1 heterocycles. The van der Waals surface area contributed by atoms with Gasteiger partial charge in [-0.25, -0.2) is 4.39 Å². The Bertz CT molecular complexity index is 1200. The maximum Gasteiger partial charge on any atom is 0.306 e. The molecule has 6 nitrogen and oxygen atoms in total. The quantitative estimate of drug-likeness (QED) is 0.435. The van der Waals surface area contributed by atoms with Crippen molar-refractivity contribution in [3.05, 3.63) is 61.9 Å². The van der Waals surface area contributed by atoms with E-state index in [2.05, 4.69) is 15.9 Å². The molecule has 0 radical (unpaired) electrons. The predicted octanol–water partition coefficient (Wildman–Crippen LogP) is 5.27. The SMILES string of the molecule is O=C(O)C1CC(OCCOc2cc(F)c(Br)cc2-c2cc(=O)c3cccc(Cl)c3o2)C1. The van der Waals surface area contributed by atoms with Gasteiger partial charge in [0.1, 0.15) is 23.9 Å². The molecular weight excluding hydrogens is 495 g/mol. The first kappa shape index (κ1) is 21.8. The van der Waals surface area contributed by atoms with Crippen molar-refractivity contribution >= 4 is 44.5 Å². The van der Waals surface area contributed by atoms with Gasteiger partial charge in [0.25, 0.3) is 0 Å². The molecule has 1 saturated carbocycles. The Morgan fingerprint density at radius 3 is 2.77 bits per heavy atom. The van der Waals surface area contributed by atoms with Gasteiger partial charge in [0.2, 0.25) is 0 Å². The van der Waals surface area contributed by atoms with Crippen LogP contribution in [0, 0.1) is 11.7 Å². The number of carboxylic acids is 1. The van der Waals surface area contributed by atoms with E-state index in [1.54, 1.807) is 18.2 Å². The van der Waals surface area contributed by atoms with Gasteiger partial charge in [-0.05, 0) is 47.0 Å². The van der Waals surface area contributed by atoms with Crippen molar-refractivity contribution in [2.45, 2.75) is 18.9 Å². The Kier molecular flexibility index (Phi) is 6.31. The highest BCUT2D eigenvalue weighted by molar-refractivity contribution is 9.10. The highest BCUT2D eigenvalue weighted by atomic mass is 79.9. The summed E-state index contributed by atoms with van der Waals surface area (Å²) < 4.78 is 31.5. The fourth-order valence-corrected chi connectivity index (χ4v) is 3.94. The van der Waals surface area contributed by atoms with Gasteiger partial charge in [0.15, 0.2) is 11.0 Å². The average molecular weight is 512 g/mol. The van der Waals surface area contributed by atoms with Crippen molar-refractivity contribution < 1.29 is 28.2 Å². The van der Waals surface area contributed by atoms with Crippen molar-refractivity contribution in [3.63, 3.8) is 0 Å². The van der Waals surface area contributed by atoms with Gasteiger partial charge in [0, 0.05) is 12.1 Å². The minimum absolute atomic E-state index is 0.112. The number of para-hydroxylation sites is 1. The van der Waals surface area contributed by atoms with E-state index in [9.17, 15) is 14.0 Å². The van der Waals surface area contributed by atoms with Crippen LogP contribution in [0.25, 0.3) is 22.3 Å². The topological polar surface area (TPSA) is 86.0 Å². The van der Waals surface area contributed by atoms with Crippen LogP contribution in [-0.2, 0) is 9.53 Å². The summed E-state index contributed by atoms with van der Waals surface area (Å²) in [7, 11) is 0. The van der Waals surface area contributed by atoms with Gasteiger partial charge in [-0.2, -0.15) is 0 Å². The van der Waals surface area contributed by atoms with E-state index in [0.29, 0.717) is 23.8 Å². The molecule has 31 heavy (non-hydrogen) atoms. The number of hydrogen-bond acceptors (Lipinski definition) is 5. The average Bonchev–Trinajstić information content (AvgIpc) is 2.69. The predicted molar refractivity (Wildman–Crippen MR) is 116 cm³/mol. The molecule has 0 aliphatic heterocycles. The summed E-state index contributed by atoms with van der Waals surface area (Å²) in [5, 5.41) is 9.53. The fourth-order valence-electron chi connectivity index (χ4n) is 3.39. The van der Waals surface area contributed by atoms with Crippen LogP contribution in [0.3, 0.4) is 0 Å². The Hall–Kier alpha value is -2.42. The van der Waals surface area contributed by atoms with Crippen LogP contribution in [0.15, 0.2) is 50.1 Å². The summed E-state index contributed by atoms with van der Waals surface area (Å²) in [6.07, 6.45) is 0.818. The zero-order valence-corrected chi connectivity index (χ0v) is 18.4. The zero-order valence-electron chi connectivity index (χ0n) is 16.1. The molecule has 0 unspecified atom stereocenters. The molecule has 0 bridgehead atoms. The largest absolute Gasteiger partial charge is 0.490 e. The normalized spacial score (nSPS) is 18.0. The van der Waals surface area contributed by atoms with E-state index in [0.717, 1.165) is 0 Å². The van der Waals surface area contributed by atoms with Crippen LogP contribution >= 0.6 is 27.5 Å². The van der Waals surface area contributed by atoms with Gasteiger partial charge in [-0.15, -0.1) is 0 Å². The Labute approximate surface area is 189 Å². The Morgan fingerprint density at radius 2 is 2.03 bits per heavy atom. The number of carboxylic acid groups (broad SMARTS) is 1. The maximum absolute atomic E-state index is 14.2. The molecule has 0 amide bonds. The molecule has 2 aromatic carbocycles. The highest BCUT2D eigenvalue weighted by Crippen LogP contribution is 2.36. The number of rotatable bonds is 7. The summed E-state index contributed by atoms with van der Waals surface area (Å²) >= 11 is 9.33. The van der Waals surface area contributed by atoms with Crippen molar-refractivity contribution in [3.8, 4) is 17.1 Å². The lowest BCUT2D eigenvalue weighted by Gasteiger charge is -2.32. The second-order valence-corrected chi connectivity index (χ2v) is 8.46. The van der Waals surface area contributed by atoms with Crippen LogP contribution in [0.2, 0.25) is 5.02 Å². The van der Waals surface area contributed by atoms with Gasteiger partial charge in [-0.3, -0.25) is 9.59 Å². The number of fused-ring (bicyclic) bond motifs is 1. The molecule has 0 atom stereocenters. The van der Waals surface area contributed by atoms with Gasteiger partial charge >= 0.3 is 5.97 Å². The summed E-state index contributed by atoms with van der Waals surface area (Å²) in [4.78, 5) is 23.4. The Morgan fingerprint density at radius 1 is 1.26 bits per heavy atom. The van der Waals surface area contributed by atoms with E-state index < -0.39 is 11.8 Å². The lowest BCUT2D eigenvalue weighted by molar-refractivity contribution is -0.151. The monoisotopic (exact) mass is 510 g/mol. The van der Waals surface area contributed by atoms with Gasteiger partial charge < -0.3 is 19.0 Å². The van der Waals surface area contributed by atoms with Crippen LogP contribution in [0.4, 0.5) is 4.39 Å². The van der Waals surface area contributed by atoms with Crippen molar-refractivity contribution in [2.75, 3.05) is 13.2 Å². The Balaban J connectivity index is 1.54. The number of benzene rings is 2. The van der Waals surface area contributed by atoms with Crippen molar-refractivity contribution in [1.29, 1.82) is 0 Å². The molecule has 0 spiro atoms. The molecular formula is C22H17BrClFO6. The third kappa shape index (κ3) is 4.61. The zero-order chi connectivity index (χ0) is 22.1. The molecule has 1 aromatic heterocycles. The molecule has 1 N–H and O–H groups in total. The number of aliphatic carboxylic acids is 1. The molecule has 162 valence electrons. The minimum Gasteiger partial charge on any atom is -0.490 e. The summed E-state index contributed by atoms with van der Waals surface area (Å²) in [5.41, 5.74) is 0.326. The van der Waals surface area contributed by atoms with E-state index in [-0.39, 0.29) is 57.3 Å². The first-order chi connectivity index (χ1) is 14.8. The standard InChI is InChI=1S/C22H17BrClFO6/c23-15-8-14(20-10-18(26)13-2-1-3-16(24)21(13)31-20)19(9-17(15)25)30-5-4-29-12-6-11(7-12)22(27)28/h1-3,8-12H,4-7H2,(H,27,28). The molecule has 1 aliphatic carbocycles. The van der Waals surface area contributed by atoms with E-state index >= 15 is 0 Å². The molecule has 9 heteroatoms. The van der Waals surface area contributed by atoms with Gasteiger partial charge in [0.05, 0.1) is 39.1 Å². The van der Waals surface area contributed by atoms with Gasteiger partial charge in [-0.1, -0.05) is 17.7 Å². The highest BCUT2D eigenvalue weighted by Gasteiger charge is 2.35. The molecule has 4 rings (SSSR count). The van der Waals surface area contributed by atoms with Crippen LogP contribution < -0.4 is 10.2 Å². The summed E-state index contributed by atoms with van der Waals surface area (Å²) in [5.74, 6) is -1.35. The minimum atomic E-state index is -0.817. The number of ether oxygens (including phenoxy) is 2. The number of halogens is 3.